The number of primary amides is 1. The number of hydrogen-bond acceptors (Lipinski definition) is 9. The van der Waals surface area contributed by atoms with Gasteiger partial charge in [-0.2, -0.15) is 0 Å². The van der Waals surface area contributed by atoms with Crippen LogP contribution in [0.25, 0.3) is 0 Å². The standard InChI is InChI=1S/C31H29N3O8/c1-14(35)33-18-9-5-15(6-10-18)4-7-16-8-11-21(36)23-19(16)12-17-13-20-25(34(2)3)27(38)24(30(32)41)29(40)31(20,42)28(39)22(17)26(23)37/h5-6,8-11,17,20,25,36,38-39,42H,12-13H2,1-3H3,(H2,32,41)(H,33,35)/t17-,20-,25-,31-/m0/s1. The van der Waals surface area contributed by atoms with E-state index < -0.39 is 58.0 Å². The van der Waals surface area contributed by atoms with Crippen molar-refractivity contribution in [1.29, 1.82) is 0 Å². The van der Waals surface area contributed by atoms with Crippen LogP contribution in [0.1, 0.15) is 40.4 Å². The lowest BCUT2D eigenvalue weighted by Gasteiger charge is -2.50. The molecule has 0 radical (unpaired) electrons. The number of nitrogens with one attached hydrogen (secondary N) is 1. The molecule has 7 N–H and O–H groups in total. The van der Waals surface area contributed by atoms with Gasteiger partial charge in [-0.3, -0.25) is 24.1 Å². The van der Waals surface area contributed by atoms with Crippen LogP contribution in [0.15, 0.2) is 59.1 Å². The van der Waals surface area contributed by atoms with E-state index in [-0.39, 0.29) is 35.6 Å². The number of allylic oxidation sites excluding steroid dienone is 1. The van der Waals surface area contributed by atoms with Crippen molar-refractivity contribution in [2.75, 3.05) is 19.4 Å². The number of ketones is 2. The van der Waals surface area contributed by atoms with Crippen molar-refractivity contribution in [2.45, 2.75) is 31.4 Å². The average molecular weight is 572 g/mol. The molecule has 2 amide bonds. The van der Waals surface area contributed by atoms with Crippen molar-refractivity contribution < 1.29 is 39.6 Å². The second kappa shape index (κ2) is 10.2. The summed E-state index contributed by atoms with van der Waals surface area (Å²) < 4.78 is 0. The smallest absolute Gasteiger partial charge is 0.255 e. The van der Waals surface area contributed by atoms with Gasteiger partial charge < -0.3 is 31.5 Å². The van der Waals surface area contributed by atoms with Gasteiger partial charge in [-0.15, -0.1) is 0 Å². The monoisotopic (exact) mass is 571 g/mol. The number of amides is 2. The fourth-order valence-corrected chi connectivity index (χ4v) is 6.35. The van der Waals surface area contributed by atoms with Crippen LogP contribution in [0.2, 0.25) is 0 Å². The van der Waals surface area contributed by atoms with Crippen LogP contribution in [0, 0.1) is 23.7 Å². The summed E-state index contributed by atoms with van der Waals surface area (Å²) >= 11 is 0. The summed E-state index contributed by atoms with van der Waals surface area (Å²) in [5, 5.41) is 47.3. The fourth-order valence-electron chi connectivity index (χ4n) is 6.35. The van der Waals surface area contributed by atoms with E-state index in [2.05, 4.69) is 17.2 Å². The quantitative estimate of drug-likeness (QED) is 0.234. The van der Waals surface area contributed by atoms with Gasteiger partial charge >= 0.3 is 0 Å². The van der Waals surface area contributed by atoms with E-state index in [1.165, 1.54) is 17.9 Å². The molecular formula is C31H29N3O8. The number of likely N-dealkylation sites (N-methyl/N-ethyl adjacent to an activating group) is 1. The molecule has 0 aliphatic heterocycles. The molecular weight excluding hydrogens is 542 g/mol. The predicted molar refractivity (Wildman–Crippen MR) is 150 cm³/mol. The van der Waals surface area contributed by atoms with E-state index in [0.29, 0.717) is 22.4 Å². The first-order valence-electron chi connectivity index (χ1n) is 13.2. The van der Waals surface area contributed by atoms with Crippen LogP contribution in [0.4, 0.5) is 5.69 Å². The van der Waals surface area contributed by atoms with Gasteiger partial charge in [0.15, 0.2) is 11.4 Å². The van der Waals surface area contributed by atoms with Gasteiger partial charge in [-0.25, -0.2) is 0 Å². The second-order valence-corrected chi connectivity index (χ2v) is 11.0. The Kier molecular flexibility index (Phi) is 6.92. The molecule has 2 aromatic carbocycles. The Morgan fingerprint density at radius 2 is 1.71 bits per heavy atom. The molecule has 0 unspecified atom stereocenters. The normalized spacial score (nSPS) is 24.8. The van der Waals surface area contributed by atoms with Crippen LogP contribution < -0.4 is 11.1 Å². The Balaban J connectivity index is 1.60. The van der Waals surface area contributed by atoms with Gasteiger partial charge in [0.1, 0.15) is 22.8 Å². The fraction of sp³-hybridized carbons (Fsp3) is 0.290. The zero-order valence-electron chi connectivity index (χ0n) is 23.1. The summed E-state index contributed by atoms with van der Waals surface area (Å²) in [6, 6.07) is 8.65. The highest BCUT2D eigenvalue weighted by molar-refractivity contribution is 6.24. The highest BCUT2D eigenvalue weighted by Crippen LogP contribution is 2.52. The minimum Gasteiger partial charge on any atom is -0.510 e. The highest BCUT2D eigenvalue weighted by Gasteiger charge is 2.63. The predicted octanol–water partition coefficient (Wildman–Crippen LogP) is 1.48. The summed E-state index contributed by atoms with van der Waals surface area (Å²) in [6.07, 6.45) is 0.118. The molecule has 3 aliphatic carbocycles. The van der Waals surface area contributed by atoms with E-state index >= 15 is 0 Å². The lowest BCUT2D eigenvalue weighted by molar-refractivity contribution is -0.148. The molecule has 0 bridgehead atoms. The Morgan fingerprint density at radius 3 is 2.31 bits per heavy atom. The third-order valence-electron chi connectivity index (χ3n) is 8.15. The summed E-state index contributed by atoms with van der Waals surface area (Å²) in [4.78, 5) is 52.1. The van der Waals surface area contributed by atoms with Crippen molar-refractivity contribution in [1.82, 2.24) is 4.90 Å². The number of carbonyl (C=O) groups is 4. The number of hydrogen-bond donors (Lipinski definition) is 6. The first-order chi connectivity index (χ1) is 19.8. The molecule has 0 spiro atoms. The summed E-state index contributed by atoms with van der Waals surface area (Å²) in [5.41, 5.74) is 3.62. The molecule has 216 valence electrons. The molecule has 11 heteroatoms. The van der Waals surface area contributed by atoms with Crippen molar-refractivity contribution in [3.8, 4) is 17.6 Å². The molecule has 0 saturated heterocycles. The van der Waals surface area contributed by atoms with Crippen LogP contribution >= 0.6 is 0 Å². The number of carbonyl (C=O) groups excluding carboxylic acids is 4. The minimum absolute atomic E-state index is 0.0150. The van der Waals surface area contributed by atoms with Crippen molar-refractivity contribution in [3.05, 3.63) is 81.3 Å². The summed E-state index contributed by atoms with van der Waals surface area (Å²) in [7, 11) is 3.14. The third-order valence-corrected chi connectivity index (χ3v) is 8.15. The molecule has 3 aliphatic rings. The number of nitrogens with zero attached hydrogens (tertiary/aromatic N) is 1. The number of phenolic OH excluding ortho intramolecular Hbond substituents is 1. The first kappa shape index (κ1) is 28.6. The van der Waals surface area contributed by atoms with E-state index in [1.807, 2.05) is 0 Å². The molecule has 0 saturated carbocycles. The number of aliphatic hydroxyl groups is 3. The molecule has 11 nitrogen and oxygen atoms in total. The van der Waals surface area contributed by atoms with Crippen molar-refractivity contribution in [3.63, 3.8) is 0 Å². The zero-order valence-corrected chi connectivity index (χ0v) is 23.1. The maximum Gasteiger partial charge on any atom is 0.255 e. The number of rotatable bonds is 3. The van der Waals surface area contributed by atoms with Crippen LogP contribution in [-0.4, -0.2) is 74.4 Å². The molecule has 42 heavy (non-hydrogen) atoms. The maximum atomic E-state index is 13.8. The molecule has 2 aromatic rings. The SMILES string of the molecule is CC(=O)Nc1ccc(C#Cc2ccc(O)c3c2C[C@H]2C[C@H]4[C@H](N(C)C)C(O)=C(C(N)=O)C(=O)[C@@]4(O)C(O)=C2C3=O)cc1. The number of nitrogens with two attached hydrogens (primary N) is 1. The third kappa shape index (κ3) is 4.32. The highest BCUT2D eigenvalue weighted by atomic mass is 16.3. The Morgan fingerprint density at radius 1 is 1.05 bits per heavy atom. The lowest BCUT2D eigenvalue weighted by atomic mass is 9.58. The number of aromatic hydroxyl groups is 1. The van der Waals surface area contributed by atoms with Gasteiger partial charge in [0.25, 0.3) is 5.91 Å². The molecule has 5 rings (SSSR count). The number of benzene rings is 2. The topological polar surface area (TPSA) is 190 Å². The van der Waals surface area contributed by atoms with Crippen LogP contribution in [0.5, 0.6) is 5.75 Å². The number of anilines is 1. The van der Waals surface area contributed by atoms with Crippen molar-refractivity contribution >= 4 is 29.1 Å². The molecule has 0 aromatic heterocycles. The van der Waals surface area contributed by atoms with E-state index in [9.17, 15) is 39.6 Å². The van der Waals surface area contributed by atoms with Crippen LogP contribution in [-0.2, 0) is 20.8 Å². The lowest BCUT2D eigenvalue weighted by Crippen LogP contribution is -2.63. The Bertz CT molecular complexity index is 1690. The Hall–Kier alpha value is -4.92. The van der Waals surface area contributed by atoms with Gasteiger partial charge in [-0.1, -0.05) is 11.8 Å². The van der Waals surface area contributed by atoms with Crippen molar-refractivity contribution in [2.24, 2.45) is 17.6 Å². The van der Waals surface area contributed by atoms with E-state index in [4.69, 9.17) is 5.73 Å². The van der Waals surface area contributed by atoms with E-state index in [0.717, 1.165) is 0 Å². The number of phenols is 1. The summed E-state index contributed by atoms with van der Waals surface area (Å²) in [5.74, 6) is -1.20. The summed E-state index contributed by atoms with van der Waals surface area (Å²) in [6.45, 7) is 1.40. The first-order valence-corrected chi connectivity index (χ1v) is 13.2. The van der Waals surface area contributed by atoms with Gasteiger partial charge in [-0.05, 0) is 74.8 Å². The van der Waals surface area contributed by atoms with Gasteiger partial charge in [0.05, 0.1) is 11.6 Å². The largest absolute Gasteiger partial charge is 0.510 e. The average Bonchev–Trinajstić information content (AvgIpc) is 2.90. The molecule has 0 heterocycles. The molecule has 0 fully saturated rings. The van der Waals surface area contributed by atoms with Gasteiger partial charge in [0, 0.05) is 35.2 Å². The maximum absolute atomic E-state index is 13.8. The van der Waals surface area contributed by atoms with Crippen LogP contribution in [0.3, 0.4) is 0 Å². The Labute approximate surface area is 240 Å². The molecule has 4 atom stereocenters. The van der Waals surface area contributed by atoms with Gasteiger partial charge in [0.2, 0.25) is 11.7 Å². The number of fused-ring (bicyclic) bond motifs is 3. The zero-order chi connectivity index (χ0) is 30.7. The second-order valence-electron chi connectivity index (χ2n) is 11.0. The van der Waals surface area contributed by atoms with E-state index in [1.54, 1.807) is 44.4 Å². The number of Topliss-reactive ketones (excluding diaryl/α,β-unsaturated/α-hetero) is 2. The minimum atomic E-state index is -2.69. The number of aliphatic hydroxyl groups excluding tert-OH is 2.